The Morgan fingerprint density at radius 3 is 2.38 bits per heavy atom. The van der Waals surface area contributed by atoms with Crippen molar-refractivity contribution in [3.63, 3.8) is 0 Å². The minimum Gasteiger partial charge on any atom is -0.379 e. The second-order valence-corrected chi connectivity index (χ2v) is 7.05. The fraction of sp³-hybridized carbons (Fsp3) is 0.714. The monoisotopic (exact) mass is 332 g/mol. The average molecular weight is 333 g/mol. The van der Waals surface area contributed by atoms with Crippen LogP contribution in [0.5, 0.6) is 0 Å². The predicted octanol–water partition coefficient (Wildman–Crippen LogP) is 4.32. The van der Waals surface area contributed by atoms with Gasteiger partial charge in [0.1, 0.15) is 0 Å². The first-order valence-electron chi connectivity index (χ1n) is 9.90. The van der Waals surface area contributed by atoms with Gasteiger partial charge in [-0.1, -0.05) is 68.9 Å². The number of hydrogen-bond donors (Lipinski definition) is 1. The number of unbranched alkanes of at least 4 members (excludes halogenated alkanes) is 5. The quantitative estimate of drug-likeness (QED) is 0.611. The molecule has 1 atom stereocenters. The summed E-state index contributed by atoms with van der Waals surface area (Å²) in [6.07, 6.45) is 8.17. The van der Waals surface area contributed by atoms with E-state index in [0.29, 0.717) is 6.04 Å². The molecule has 1 unspecified atom stereocenters. The fourth-order valence-electron chi connectivity index (χ4n) is 3.40. The summed E-state index contributed by atoms with van der Waals surface area (Å²) in [7, 11) is 0. The molecular weight excluding hydrogens is 296 g/mol. The van der Waals surface area contributed by atoms with Gasteiger partial charge in [0.2, 0.25) is 0 Å². The van der Waals surface area contributed by atoms with Crippen LogP contribution in [0.1, 0.15) is 62.6 Å². The third kappa shape index (κ3) is 6.92. The van der Waals surface area contributed by atoms with Gasteiger partial charge in [0.15, 0.2) is 0 Å². The molecule has 3 heteroatoms. The van der Waals surface area contributed by atoms with Crippen LogP contribution in [0.2, 0.25) is 0 Å². The molecule has 1 aromatic rings. The van der Waals surface area contributed by atoms with Crippen LogP contribution in [0.3, 0.4) is 0 Å². The molecule has 1 aliphatic rings. The van der Waals surface area contributed by atoms with Crippen LogP contribution in [0, 0.1) is 6.92 Å². The van der Waals surface area contributed by atoms with Crippen molar-refractivity contribution >= 4 is 0 Å². The van der Waals surface area contributed by atoms with Crippen LogP contribution in [-0.2, 0) is 4.74 Å². The molecule has 0 radical (unpaired) electrons. The molecule has 2 rings (SSSR count). The molecular formula is C21H36N2O. The first-order valence-corrected chi connectivity index (χ1v) is 9.90. The number of rotatable bonds is 11. The van der Waals surface area contributed by atoms with Crippen molar-refractivity contribution in [3.05, 3.63) is 35.4 Å². The predicted molar refractivity (Wildman–Crippen MR) is 103 cm³/mol. The highest BCUT2D eigenvalue weighted by Crippen LogP contribution is 2.21. The van der Waals surface area contributed by atoms with Gasteiger partial charge in [-0.15, -0.1) is 0 Å². The summed E-state index contributed by atoms with van der Waals surface area (Å²) in [6, 6.07) is 9.52. The lowest BCUT2D eigenvalue weighted by molar-refractivity contribution is 0.0162. The van der Waals surface area contributed by atoms with Crippen molar-refractivity contribution < 1.29 is 4.74 Å². The van der Waals surface area contributed by atoms with E-state index in [4.69, 9.17) is 4.74 Å². The largest absolute Gasteiger partial charge is 0.379 e. The van der Waals surface area contributed by atoms with Crippen molar-refractivity contribution in [2.75, 3.05) is 39.4 Å². The first-order chi connectivity index (χ1) is 11.8. The second-order valence-electron chi connectivity index (χ2n) is 7.05. The van der Waals surface area contributed by atoms with E-state index in [2.05, 4.69) is 48.3 Å². The standard InChI is InChI=1S/C21H36N2O/c1-3-4-5-6-7-8-13-22-18-21(23-14-16-24-17-15-23)20-11-9-19(2)10-12-20/h9-12,21-22H,3-8,13-18H2,1-2H3. The van der Waals surface area contributed by atoms with E-state index in [1.165, 1.54) is 49.7 Å². The molecule has 1 aliphatic heterocycles. The maximum absolute atomic E-state index is 5.53. The number of nitrogens with one attached hydrogen (secondary N) is 1. The minimum absolute atomic E-state index is 0.467. The molecule has 1 N–H and O–H groups in total. The maximum atomic E-state index is 5.53. The molecule has 136 valence electrons. The Kier molecular flexibility index (Phi) is 9.40. The van der Waals surface area contributed by atoms with E-state index in [9.17, 15) is 0 Å². The van der Waals surface area contributed by atoms with Crippen molar-refractivity contribution in [1.82, 2.24) is 10.2 Å². The number of hydrogen-bond acceptors (Lipinski definition) is 3. The molecule has 1 heterocycles. The van der Waals surface area contributed by atoms with E-state index >= 15 is 0 Å². The van der Waals surface area contributed by atoms with Gasteiger partial charge in [-0.2, -0.15) is 0 Å². The third-order valence-corrected chi connectivity index (χ3v) is 4.99. The molecule has 0 bridgehead atoms. The van der Waals surface area contributed by atoms with Crippen molar-refractivity contribution in [1.29, 1.82) is 0 Å². The number of benzene rings is 1. The Labute approximate surface area is 148 Å². The van der Waals surface area contributed by atoms with Crippen molar-refractivity contribution in [3.8, 4) is 0 Å². The van der Waals surface area contributed by atoms with Gasteiger partial charge in [0, 0.05) is 25.7 Å². The zero-order valence-electron chi connectivity index (χ0n) is 15.7. The van der Waals surface area contributed by atoms with E-state index in [0.717, 1.165) is 39.4 Å². The lowest BCUT2D eigenvalue weighted by Gasteiger charge is -2.35. The van der Waals surface area contributed by atoms with Crippen LogP contribution in [-0.4, -0.2) is 44.3 Å². The summed E-state index contributed by atoms with van der Waals surface area (Å²) in [5, 5.41) is 3.70. The second kappa shape index (κ2) is 11.6. The Morgan fingerprint density at radius 2 is 1.67 bits per heavy atom. The summed E-state index contributed by atoms with van der Waals surface area (Å²) < 4.78 is 5.53. The molecule has 0 aliphatic carbocycles. The molecule has 0 spiro atoms. The van der Waals surface area contributed by atoms with Crippen LogP contribution in [0.15, 0.2) is 24.3 Å². The number of morpholine rings is 1. The molecule has 1 aromatic carbocycles. The van der Waals surface area contributed by atoms with E-state index in [1.54, 1.807) is 0 Å². The number of nitrogens with zero attached hydrogens (tertiary/aromatic N) is 1. The molecule has 3 nitrogen and oxygen atoms in total. The molecule has 1 fully saturated rings. The SMILES string of the molecule is CCCCCCCCNCC(c1ccc(C)cc1)N1CCOCC1. The van der Waals surface area contributed by atoms with Gasteiger partial charge in [0.25, 0.3) is 0 Å². The zero-order chi connectivity index (χ0) is 17.0. The molecule has 0 saturated carbocycles. The van der Waals surface area contributed by atoms with Gasteiger partial charge in [-0.05, 0) is 25.5 Å². The summed E-state index contributed by atoms with van der Waals surface area (Å²) in [4.78, 5) is 2.57. The van der Waals surface area contributed by atoms with Crippen LogP contribution < -0.4 is 5.32 Å². The first kappa shape index (κ1) is 19.4. The fourth-order valence-corrected chi connectivity index (χ4v) is 3.40. The number of ether oxygens (including phenoxy) is 1. The molecule has 24 heavy (non-hydrogen) atoms. The number of aryl methyl sites for hydroxylation is 1. The summed E-state index contributed by atoms with van der Waals surface area (Å²) >= 11 is 0. The van der Waals surface area contributed by atoms with E-state index < -0.39 is 0 Å². The molecule has 1 saturated heterocycles. The summed E-state index contributed by atoms with van der Waals surface area (Å²) in [5.74, 6) is 0. The minimum atomic E-state index is 0.467. The Balaban J connectivity index is 1.77. The summed E-state index contributed by atoms with van der Waals surface area (Å²) in [5.41, 5.74) is 2.76. The van der Waals surface area contributed by atoms with Crippen molar-refractivity contribution in [2.24, 2.45) is 0 Å². The van der Waals surface area contributed by atoms with E-state index in [1.807, 2.05) is 0 Å². The van der Waals surface area contributed by atoms with Crippen molar-refractivity contribution in [2.45, 2.75) is 58.4 Å². The van der Waals surface area contributed by atoms with Gasteiger partial charge >= 0.3 is 0 Å². The topological polar surface area (TPSA) is 24.5 Å². The van der Waals surface area contributed by atoms with Gasteiger partial charge in [-0.25, -0.2) is 0 Å². The van der Waals surface area contributed by atoms with Gasteiger partial charge in [0.05, 0.1) is 13.2 Å². The zero-order valence-corrected chi connectivity index (χ0v) is 15.7. The molecule has 0 aromatic heterocycles. The van der Waals surface area contributed by atoms with Crippen LogP contribution >= 0.6 is 0 Å². The highest BCUT2D eigenvalue weighted by molar-refractivity contribution is 5.24. The Morgan fingerprint density at radius 1 is 1.00 bits per heavy atom. The van der Waals surface area contributed by atoms with Gasteiger partial charge < -0.3 is 10.1 Å². The average Bonchev–Trinajstić information content (AvgIpc) is 2.62. The lowest BCUT2D eigenvalue weighted by atomic mass is 10.0. The van der Waals surface area contributed by atoms with Crippen LogP contribution in [0.4, 0.5) is 0 Å². The molecule has 0 amide bonds. The Bertz CT molecular complexity index is 426. The normalized spacial score (nSPS) is 17.1. The summed E-state index contributed by atoms with van der Waals surface area (Å²) in [6.45, 7) is 10.4. The van der Waals surface area contributed by atoms with Crippen LogP contribution in [0.25, 0.3) is 0 Å². The Hall–Kier alpha value is -0.900. The highest BCUT2D eigenvalue weighted by Gasteiger charge is 2.22. The smallest absolute Gasteiger partial charge is 0.0594 e. The highest BCUT2D eigenvalue weighted by atomic mass is 16.5. The third-order valence-electron chi connectivity index (χ3n) is 4.99. The maximum Gasteiger partial charge on any atom is 0.0594 e. The van der Waals surface area contributed by atoms with E-state index in [-0.39, 0.29) is 0 Å². The lowest BCUT2D eigenvalue weighted by Crippen LogP contribution is -2.43. The van der Waals surface area contributed by atoms with Gasteiger partial charge in [-0.3, -0.25) is 4.90 Å².